The number of rotatable bonds is 1. The normalized spacial score (nSPS) is 11.0. The molecule has 2 nitrogen and oxygen atoms in total. The van der Waals surface area contributed by atoms with Crippen molar-refractivity contribution >= 4 is 16.7 Å². The third-order valence-electron chi connectivity index (χ3n) is 3.27. The van der Waals surface area contributed by atoms with Gasteiger partial charge in [-0.3, -0.25) is 0 Å². The molecule has 90 valence electrons. The lowest BCUT2D eigenvalue weighted by atomic mass is 10.1. The van der Waals surface area contributed by atoms with Crippen LogP contribution in [0.5, 0.6) is 0 Å². The molecule has 2 aromatic carbocycles. The van der Waals surface area contributed by atoms with Gasteiger partial charge in [-0.1, -0.05) is 24.3 Å². The van der Waals surface area contributed by atoms with Crippen molar-refractivity contribution in [1.29, 1.82) is 0 Å². The number of nitrogens with two attached hydrogens (primary N) is 1. The molecular formula is C16H15NO. The molecule has 0 bridgehead atoms. The van der Waals surface area contributed by atoms with Crippen LogP contribution in [0.1, 0.15) is 11.1 Å². The fraction of sp³-hybridized carbons (Fsp3) is 0.125. The molecule has 3 rings (SSSR count). The number of fused-ring (bicyclic) bond motifs is 1. The first-order valence-electron chi connectivity index (χ1n) is 6.01. The average molecular weight is 237 g/mol. The molecule has 18 heavy (non-hydrogen) atoms. The van der Waals surface area contributed by atoms with Crippen molar-refractivity contribution in [2.45, 2.75) is 13.8 Å². The third kappa shape index (κ3) is 1.66. The summed E-state index contributed by atoms with van der Waals surface area (Å²) in [5.74, 6) is 0.879. The molecule has 0 aliphatic rings. The van der Waals surface area contributed by atoms with Crippen LogP contribution >= 0.6 is 0 Å². The second kappa shape index (κ2) is 3.91. The van der Waals surface area contributed by atoms with E-state index < -0.39 is 0 Å². The monoisotopic (exact) mass is 237 g/mol. The number of hydrogen-bond acceptors (Lipinski definition) is 2. The summed E-state index contributed by atoms with van der Waals surface area (Å²) in [7, 11) is 0. The maximum absolute atomic E-state index is 5.97. The Morgan fingerprint density at radius 2 is 1.78 bits per heavy atom. The van der Waals surface area contributed by atoms with Gasteiger partial charge >= 0.3 is 0 Å². The highest BCUT2D eigenvalue weighted by Gasteiger charge is 2.10. The lowest BCUT2D eigenvalue weighted by molar-refractivity contribution is 0.628. The van der Waals surface area contributed by atoms with Crippen molar-refractivity contribution < 1.29 is 4.42 Å². The van der Waals surface area contributed by atoms with Gasteiger partial charge in [-0.2, -0.15) is 0 Å². The van der Waals surface area contributed by atoms with Crippen LogP contribution in [-0.4, -0.2) is 0 Å². The molecule has 0 atom stereocenters. The Labute approximate surface area is 106 Å². The summed E-state index contributed by atoms with van der Waals surface area (Å²) < 4.78 is 5.97. The van der Waals surface area contributed by atoms with Gasteiger partial charge in [-0.25, -0.2) is 0 Å². The molecule has 0 aliphatic heterocycles. The molecule has 0 radical (unpaired) electrons. The molecule has 0 saturated carbocycles. The van der Waals surface area contributed by atoms with Gasteiger partial charge in [0.2, 0.25) is 0 Å². The summed E-state index contributed by atoms with van der Waals surface area (Å²) >= 11 is 0. The average Bonchev–Trinajstić information content (AvgIpc) is 2.77. The van der Waals surface area contributed by atoms with E-state index in [-0.39, 0.29) is 0 Å². The lowest BCUT2D eigenvalue weighted by Crippen LogP contribution is -1.87. The molecule has 1 aromatic heterocycles. The van der Waals surface area contributed by atoms with Crippen LogP contribution in [-0.2, 0) is 0 Å². The Morgan fingerprint density at radius 1 is 0.944 bits per heavy atom. The Kier molecular flexibility index (Phi) is 2.37. The molecule has 2 heteroatoms. The summed E-state index contributed by atoms with van der Waals surface area (Å²) in [5, 5.41) is 1.13. The van der Waals surface area contributed by atoms with Crippen molar-refractivity contribution in [3.63, 3.8) is 0 Å². The van der Waals surface area contributed by atoms with Crippen LogP contribution in [0.15, 0.2) is 46.9 Å². The minimum absolute atomic E-state index is 0.757. The highest BCUT2D eigenvalue weighted by Crippen LogP contribution is 2.32. The van der Waals surface area contributed by atoms with Crippen LogP contribution in [0.4, 0.5) is 5.69 Å². The summed E-state index contributed by atoms with van der Waals surface area (Å²) in [6.07, 6.45) is 0. The zero-order chi connectivity index (χ0) is 12.7. The summed E-state index contributed by atoms with van der Waals surface area (Å²) in [6.45, 7) is 4.12. The van der Waals surface area contributed by atoms with Crippen molar-refractivity contribution in [2.75, 3.05) is 5.73 Å². The fourth-order valence-electron chi connectivity index (χ4n) is 2.25. The molecular weight excluding hydrogens is 222 g/mol. The Morgan fingerprint density at radius 3 is 2.56 bits per heavy atom. The molecule has 0 aliphatic carbocycles. The first-order chi connectivity index (χ1) is 8.65. The van der Waals surface area contributed by atoms with Crippen LogP contribution < -0.4 is 5.73 Å². The van der Waals surface area contributed by atoms with Gasteiger partial charge in [0.05, 0.1) is 0 Å². The number of benzene rings is 2. The van der Waals surface area contributed by atoms with E-state index >= 15 is 0 Å². The van der Waals surface area contributed by atoms with Crippen LogP contribution in [0.25, 0.3) is 22.3 Å². The largest absolute Gasteiger partial charge is 0.456 e. The van der Waals surface area contributed by atoms with Crippen LogP contribution in [0.2, 0.25) is 0 Å². The van der Waals surface area contributed by atoms with Crippen LogP contribution in [0.3, 0.4) is 0 Å². The number of hydrogen-bond donors (Lipinski definition) is 1. The van der Waals surface area contributed by atoms with Crippen molar-refractivity contribution in [3.8, 4) is 11.3 Å². The summed E-state index contributed by atoms with van der Waals surface area (Å²) in [6, 6.07) is 14.1. The van der Waals surface area contributed by atoms with Gasteiger partial charge in [0.15, 0.2) is 0 Å². The molecule has 0 spiro atoms. The smallest absolute Gasteiger partial charge is 0.137 e. The fourth-order valence-corrected chi connectivity index (χ4v) is 2.25. The number of anilines is 1. The van der Waals surface area contributed by atoms with Crippen molar-refractivity contribution in [1.82, 2.24) is 0 Å². The molecule has 0 amide bonds. The lowest BCUT2D eigenvalue weighted by Gasteiger charge is -2.03. The number of para-hydroxylation sites is 1. The molecule has 0 saturated heterocycles. The van der Waals surface area contributed by atoms with E-state index in [9.17, 15) is 0 Å². The molecule has 3 aromatic rings. The van der Waals surface area contributed by atoms with E-state index in [1.807, 2.05) is 24.3 Å². The minimum atomic E-state index is 0.757. The summed E-state index contributed by atoms with van der Waals surface area (Å²) in [5.41, 5.74) is 10.9. The predicted octanol–water partition coefficient (Wildman–Crippen LogP) is 4.30. The molecule has 1 heterocycles. The highest BCUT2D eigenvalue weighted by atomic mass is 16.3. The number of aryl methyl sites for hydroxylation is 2. The maximum atomic E-state index is 5.97. The molecule has 2 N–H and O–H groups in total. The van der Waals surface area contributed by atoms with E-state index in [1.165, 1.54) is 5.56 Å². The van der Waals surface area contributed by atoms with E-state index in [1.54, 1.807) is 0 Å². The van der Waals surface area contributed by atoms with Gasteiger partial charge in [0, 0.05) is 16.6 Å². The minimum Gasteiger partial charge on any atom is -0.456 e. The van der Waals surface area contributed by atoms with E-state index in [0.29, 0.717) is 0 Å². The SMILES string of the molecule is Cc1ccc(N)cc1-c1cc2cccc(C)c2o1. The van der Waals surface area contributed by atoms with E-state index in [2.05, 4.69) is 32.0 Å². The van der Waals surface area contributed by atoms with Gasteiger partial charge in [0.25, 0.3) is 0 Å². The summed E-state index contributed by atoms with van der Waals surface area (Å²) in [4.78, 5) is 0. The predicted molar refractivity (Wildman–Crippen MR) is 75.5 cm³/mol. The molecule has 0 unspecified atom stereocenters. The Bertz CT molecular complexity index is 725. The Balaban J connectivity index is 2.26. The number of nitrogen functional groups attached to an aromatic ring is 1. The zero-order valence-corrected chi connectivity index (χ0v) is 10.5. The van der Waals surface area contributed by atoms with E-state index in [0.717, 1.165) is 33.5 Å². The third-order valence-corrected chi connectivity index (χ3v) is 3.27. The van der Waals surface area contributed by atoms with Gasteiger partial charge in [-0.05, 0) is 43.2 Å². The second-order valence-electron chi connectivity index (χ2n) is 4.68. The Hall–Kier alpha value is -2.22. The first-order valence-corrected chi connectivity index (χ1v) is 6.01. The quantitative estimate of drug-likeness (QED) is 0.641. The maximum Gasteiger partial charge on any atom is 0.137 e. The molecule has 0 fully saturated rings. The van der Waals surface area contributed by atoms with Gasteiger partial charge < -0.3 is 10.2 Å². The standard InChI is InChI=1S/C16H15NO/c1-10-6-7-13(17)9-14(10)15-8-12-5-3-4-11(2)16(12)18-15/h3-9H,17H2,1-2H3. The zero-order valence-electron chi connectivity index (χ0n) is 10.5. The topological polar surface area (TPSA) is 39.2 Å². The van der Waals surface area contributed by atoms with Gasteiger partial charge in [-0.15, -0.1) is 0 Å². The van der Waals surface area contributed by atoms with Crippen LogP contribution in [0, 0.1) is 13.8 Å². The van der Waals surface area contributed by atoms with E-state index in [4.69, 9.17) is 10.2 Å². The highest BCUT2D eigenvalue weighted by molar-refractivity contribution is 5.86. The van der Waals surface area contributed by atoms with Crippen molar-refractivity contribution in [3.05, 3.63) is 53.6 Å². The number of furan rings is 1. The second-order valence-corrected chi connectivity index (χ2v) is 4.68. The van der Waals surface area contributed by atoms with Gasteiger partial charge in [0.1, 0.15) is 11.3 Å². The first kappa shape index (κ1) is 10.9. The van der Waals surface area contributed by atoms with Crippen molar-refractivity contribution in [2.24, 2.45) is 0 Å².